The number of ether oxygens (including phenoxy) is 1. The van der Waals surface area contributed by atoms with Crippen LogP contribution in [0.15, 0.2) is 35.2 Å². The van der Waals surface area contributed by atoms with E-state index in [-0.39, 0.29) is 10.6 Å². The molecule has 0 unspecified atom stereocenters. The Hall–Kier alpha value is -1.92. The summed E-state index contributed by atoms with van der Waals surface area (Å²) in [6, 6.07) is 6.97. The maximum absolute atomic E-state index is 13.5. The van der Waals surface area contributed by atoms with Crippen molar-refractivity contribution in [3.63, 3.8) is 0 Å². The van der Waals surface area contributed by atoms with Crippen LogP contribution in [-0.4, -0.2) is 15.5 Å². The van der Waals surface area contributed by atoms with Gasteiger partial charge < -0.3 is 4.74 Å². The van der Waals surface area contributed by atoms with E-state index in [4.69, 9.17) is 4.74 Å². The first-order valence-electron chi connectivity index (χ1n) is 7.59. The Morgan fingerprint density at radius 1 is 1.04 bits per heavy atom. The van der Waals surface area contributed by atoms with Gasteiger partial charge in [-0.2, -0.15) is 0 Å². The Balaban J connectivity index is 2.39. The zero-order valence-corrected chi connectivity index (χ0v) is 15.3. The molecule has 2 rings (SSSR count). The number of sulfonamides is 1. The summed E-state index contributed by atoms with van der Waals surface area (Å²) in [5.41, 5.74) is 4.12. The second kappa shape index (κ2) is 6.91. The second-order valence-corrected chi connectivity index (χ2v) is 7.61. The molecule has 1 atom stereocenters. The molecule has 0 radical (unpaired) electrons. The minimum atomic E-state index is -3.93. The predicted octanol–water partition coefficient (Wildman–Crippen LogP) is 3.80. The monoisotopic (exact) mass is 351 g/mol. The van der Waals surface area contributed by atoms with Crippen LogP contribution in [-0.2, 0) is 10.0 Å². The standard InChI is InChI=1S/C18H22FNO3S/c1-11-8-13(3)16(9-12(11)2)14(4)20-24(21,22)18-10-15(19)6-7-17(18)23-5/h6-10,14,20H,1-5H3/t14-/m1/s1. The van der Waals surface area contributed by atoms with Crippen LogP contribution in [0.1, 0.15) is 35.2 Å². The highest BCUT2D eigenvalue weighted by atomic mass is 32.2. The summed E-state index contributed by atoms with van der Waals surface area (Å²) in [6.07, 6.45) is 0. The minimum absolute atomic E-state index is 0.105. The topological polar surface area (TPSA) is 55.4 Å². The van der Waals surface area contributed by atoms with Crippen molar-refractivity contribution < 1.29 is 17.5 Å². The summed E-state index contributed by atoms with van der Waals surface area (Å²) < 4.78 is 46.4. The van der Waals surface area contributed by atoms with Crippen LogP contribution in [0.5, 0.6) is 5.75 Å². The number of hydrogen-bond acceptors (Lipinski definition) is 3. The summed E-state index contributed by atoms with van der Waals surface area (Å²) in [6.45, 7) is 7.70. The molecule has 0 spiro atoms. The van der Waals surface area contributed by atoms with Crippen molar-refractivity contribution in [2.24, 2.45) is 0 Å². The predicted molar refractivity (Wildman–Crippen MR) is 92.3 cm³/mol. The summed E-state index contributed by atoms with van der Waals surface area (Å²) in [5, 5.41) is 0. The van der Waals surface area contributed by atoms with Crippen LogP contribution in [0.2, 0.25) is 0 Å². The number of aryl methyl sites for hydroxylation is 3. The number of methoxy groups -OCH3 is 1. The van der Waals surface area contributed by atoms with Crippen molar-refractivity contribution in [3.05, 3.63) is 58.4 Å². The smallest absolute Gasteiger partial charge is 0.244 e. The molecule has 0 aliphatic rings. The van der Waals surface area contributed by atoms with Gasteiger partial charge in [0, 0.05) is 6.04 Å². The lowest BCUT2D eigenvalue weighted by Crippen LogP contribution is -2.28. The quantitative estimate of drug-likeness (QED) is 0.891. The van der Waals surface area contributed by atoms with Gasteiger partial charge in [0.1, 0.15) is 16.5 Å². The van der Waals surface area contributed by atoms with E-state index in [0.717, 1.165) is 34.4 Å². The van der Waals surface area contributed by atoms with E-state index in [1.54, 1.807) is 6.92 Å². The van der Waals surface area contributed by atoms with Crippen LogP contribution in [0.3, 0.4) is 0 Å². The molecule has 0 aliphatic carbocycles. The van der Waals surface area contributed by atoms with Crippen molar-refractivity contribution in [1.29, 1.82) is 0 Å². The van der Waals surface area contributed by atoms with Crippen molar-refractivity contribution in [2.75, 3.05) is 7.11 Å². The molecule has 0 amide bonds. The number of hydrogen-bond donors (Lipinski definition) is 1. The van der Waals surface area contributed by atoms with Crippen LogP contribution in [0.25, 0.3) is 0 Å². The molecule has 2 aromatic rings. The molecule has 0 saturated carbocycles. The third-order valence-corrected chi connectivity index (χ3v) is 5.66. The summed E-state index contributed by atoms with van der Waals surface area (Å²) in [7, 11) is -2.58. The number of rotatable bonds is 5. The molecule has 0 heterocycles. The second-order valence-electron chi connectivity index (χ2n) is 5.93. The fourth-order valence-corrected chi connectivity index (χ4v) is 4.07. The Morgan fingerprint density at radius 2 is 1.67 bits per heavy atom. The van der Waals surface area contributed by atoms with Gasteiger partial charge in [-0.3, -0.25) is 0 Å². The fourth-order valence-electron chi connectivity index (χ4n) is 2.67. The molecule has 2 aromatic carbocycles. The molecule has 1 N–H and O–H groups in total. The van der Waals surface area contributed by atoms with Crippen LogP contribution in [0.4, 0.5) is 4.39 Å². The Morgan fingerprint density at radius 3 is 2.29 bits per heavy atom. The number of halogens is 1. The van der Waals surface area contributed by atoms with Crippen LogP contribution in [0, 0.1) is 26.6 Å². The summed E-state index contributed by atoms with van der Waals surface area (Å²) in [4.78, 5) is -0.210. The molecule has 0 fully saturated rings. The Bertz CT molecular complexity index is 863. The van der Waals surface area contributed by atoms with E-state index in [9.17, 15) is 12.8 Å². The van der Waals surface area contributed by atoms with Gasteiger partial charge >= 0.3 is 0 Å². The highest BCUT2D eigenvalue weighted by molar-refractivity contribution is 7.89. The van der Waals surface area contributed by atoms with E-state index >= 15 is 0 Å². The van der Waals surface area contributed by atoms with Crippen molar-refractivity contribution >= 4 is 10.0 Å². The van der Waals surface area contributed by atoms with Gasteiger partial charge in [-0.1, -0.05) is 12.1 Å². The summed E-state index contributed by atoms with van der Waals surface area (Å²) >= 11 is 0. The average molecular weight is 351 g/mol. The van der Waals surface area contributed by atoms with Gasteiger partial charge in [0.25, 0.3) is 0 Å². The molecule has 0 saturated heterocycles. The lowest BCUT2D eigenvalue weighted by molar-refractivity contribution is 0.400. The van der Waals surface area contributed by atoms with Crippen LogP contribution >= 0.6 is 0 Å². The van der Waals surface area contributed by atoms with E-state index in [2.05, 4.69) is 4.72 Å². The van der Waals surface area contributed by atoms with E-state index < -0.39 is 21.9 Å². The third-order valence-electron chi connectivity index (χ3n) is 4.10. The first-order chi connectivity index (χ1) is 11.2. The molecular formula is C18H22FNO3S. The van der Waals surface area contributed by atoms with E-state index in [1.165, 1.54) is 13.2 Å². The van der Waals surface area contributed by atoms with Gasteiger partial charge in [0.15, 0.2) is 0 Å². The van der Waals surface area contributed by atoms with Crippen molar-refractivity contribution in [1.82, 2.24) is 4.72 Å². The lowest BCUT2D eigenvalue weighted by Gasteiger charge is -2.19. The highest BCUT2D eigenvalue weighted by Crippen LogP contribution is 2.27. The van der Waals surface area contributed by atoms with Crippen molar-refractivity contribution in [2.45, 2.75) is 38.6 Å². The molecule has 6 heteroatoms. The SMILES string of the molecule is COc1ccc(F)cc1S(=O)(=O)N[C@H](C)c1cc(C)c(C)cc1C. The maximum Gasteiger partial charge on any atom is 0.244 e. The molecule has 130 valence electrons. The Kier molecular flexibility index (Phi) is 5.30. The average Bonchev–Trinajstić information content (AvgIpc) is 2.50. The minimum Gasteiger partial charge on any atom is -0.495 e. The van der Waals surface area contributed by atoms with Gasteiger partial charge in [0.05, 0.1) is 7.11 Å². The first-order valence-corrected chi connectivity index (χ1v) is 9.07. The highest BCUT2D eigenvalue weighted by Gasteiger charge is 2.24. The van der Waals surface area contributed by atoms with Crippen LogP contribution < -0.4 is 9.46 Å². The van der Waals surface area contributed by atoms with Gasteiger partial charge in [0.2, 0.25) is 10.0 Å². The largest absolute Gasteiger partial charge is 0.495 e. The summed E-state index contributed by atoms with van der Waals surface area (Å²) in [5.74, 6) is -0.529. The molecule has 0 bridgehead atoms. The number of nitrogens with one attached hydrogen (secondary N) is 1. The van der Waals surface area contributed by atoms with E-state index in [1.807, 2.05) is 32.9 Å². The molecule has 24 heavy (non-hydrogen) atoms. The lowest BCUT2D eigenvalue weighted by atomic mass is 9.97. The third kappa shape index (κ3) is 3.76. The molecule has 0 aromatic heterocycles. The molecular weight excluding hydrogens is 329 g/mol. The van der Waals surface area contributed by atoms with E-state index in [0.29, 0.717) is 0 Å². The van der Waals surface area contributed by atoms with Gasteiger partial charge in [-0.15, -0.1) is 0 Å². The Labute approximate surface area is 142 Å². The fraction of sp³-hybridized carbons (Fsp3) is 0.333. The van der Waals surface area contributed by atoms with Gasteiger partial charge in [-0.05, 0) is 68.1 Å². The molecule has 0 aliphatic heterocycles. The number of benzene rings is 2. The maximum atomic E-state index is 13.5. The van der Waals surface area contributed by atoms with Gasteiger partial charge in [-0.25, -0.2) is 17.5 Å². The zero-order chi connectivity index (χ0) is 18.1. The first kappa shape index (κ1) is 18.4. The van der Waals surface area contributed by atoms with Crippen molar-refractivity contribution in [3.8, 4) is 5.75 Å². The normalized spacial score (nSPS) is 12.9. The zero-order valence-electron chi connectivity index (χ0n) is 14.5. The molecule has 4 nitrogen and oxygen atoms in total.